The lowest BCUT2D eigenvalue weighted by atomic mass is 10.2. The molecule has 0 saturated heterocycles. The number of halogens is 1. The van der Waals surface area contributed by atoms with E-state index >= 15 is 0 Å². The number of nitrogens with zero attached hydrogens (tertiary/aromatic N) is 2. The van der Waals surface area contributed by atoms with Crippen molar-refractivity contribution in [2.75, 3.05) is 17.2 Å². The van der Waals surface area contributed by atoms with E-state index in [4.69, 9.17) is 0 Å². The first kappa shape index (κ1) is 13.3. The van der Waals surface area contributed by atoms with Gasteiger partial charge in [-0.05, 0) is 25.5 Å². The summed E-state index contributed by atoms with van der Waals surface area (Å²) in [6.07, 6.45) is 2.48. The Kier molecular flexibility index (Phi) is 4.28. The van der Waals surface area contributed by atoms with E-state index in [-0.39, 0.29) is 5.82 Å². The molecule has 0 unspecified atom stereocenters. The summed E-state index contributed by atoms with van der Waals surface area (Å²) in [7, 11) is 0. The van der Waals surface area contributed by atoms with Crippen molar-refractivity contribution in [3.63, 3.8) is 0 Å². The highest BCUT2D eigenvalue weighted by atomic mass is 19.1. The van der Waals surface area contributed by atoms with Crippen LogP contribution in [-0.4, -0.2) is 16.5 Å². The largest absolute Gasteiger partial charge is 0.370 e. The van der Waals surface area contributed by atoms with Crippen molar-refractivity contribution in [3.8, 4) is 0 Å². The van der Waals surface area contributed by atoms with Crippen LogP contribution in [0.25, 0.3) is 0 Å². The van der Waals surface area contributed by atoms with Crippen molar-refractivity contribution in [1.82, 2.24) is 9.97 Å². The third kappa shape index (κ3) is 3.19. The van der Waals surface area contributed by atoms with Gasteiger partial charge in [0.05, 0.1) is 5.69 Å². The fourth-order valence-electron chi connectivity index (χ4n) is 1.69. The molecule has 0 aliphatic rings. The molecule has 5 heteroatoms. The van der Waals surface area contributed by atoms with E-state index in [1.165, 1.54) is 12.4 Å². The molecule has 0 bridgehead atoms. The van der Waals surface area contributed by atoms with Crippen LogP contribution >= 0.6 is 0 Å². The van der Waals surface area contributed by atoms with Crippen molar-refractivity contribution in [1.29, 1.82) is 0 Å². The number of aromatic nitrogens is 2. The highest BCUT2D eigenvalue weighted by molar-refractivity contribution is 5.64. The first-order valence-corrected chi connectivity index (χ1v) is 6.29. The van der Waals surface area contributed by atoms with Gasteiger partial charge in [-0.2, -0.15) is 0 Å². The summed E-state index contributed by atoms with van der Waals surface area (Å²) in [5.41, 5.74) is 1.28. The zero-order valence-corrected chi connectivity index (χ0v) is 11.1. The van der Waals surface area contributed by atoms with Crippen LogP contribution in [0.5, 0.6) is 0 Å². The highest BCUT2D eigenvalue weighted by Crippen LogP contribution is 2.23. The second-order valence-corrected chi connectivity index (χ2v) is 4.23. The molecule has 2 N–H and O–H groups in total. The normalized spacial score (nSPS) is 10.3. The lowest BCUT2D eigenvalue weighted by molar-refractivity contribution is 0.632. The van der Waals surface area contributed by atoms with E-state index < -0.39 is 0 Å². The zero-order chi connectivity index (χ0) is 13.7. The molecule has 0 atom stereocenters. The maximum absolute atomic E-state index is 13.6. The minimum absolute atomic E-state index is 0.302. The smallest absolute Gasteiger partial charge is 0.146 e. The van der Waals surface area contributed by atoms with Crippen LogP contribution in [0.4, 0.5) is 21.7 Å². The number of hydrogen-bond acceptors (Lipinski definition) is 4. The van der Waals surface area contributed by atoms with Crippen molar-refractivity contribution in [2.45, 2.75) is 20.3 Å². The summed E-state index contributed by atoms with van der Waals surface area (Å²) in [6.45, 7) is 4.83. The van der Waals surface area contributed by atoms with Crippen LogP contribution in [0.15, 0.2) is 30.6 Å². The van der Waals surface area contributed by atoms with E-state index in [9.17, 15) is 4.39 Å². The molecule has 0 saturated carbocycles. The van der Waals surface area contributed by atoms with Gasteiger partial charge in [-0.25, -0.2) is 14.4 Å². The summed E-state index contributed by atoms with van der Waals surface area (Å²) in [5.74, 6) is 1.08. The van der Waals surface area contributed by atoms with Crippen molar-refractivity contribution in [2.24, 2.45) is 0 Å². The Hall–Kier alpha value is -2.17. The molecule has 2 aromatic rings. The van der Waals surface area contributed by atoms with Crippen LogP contribution < -0.4 is 10.6 Å². The standard InChI is InChI=1S/C14H17FN4/c1-3-8-16-13-10(2)14(18-9-17-13)19-12-7-5-4-6-11(12)15/h4-7,9H,3,8H2,1-2H3,(H2,16,17,18,19). The highest BCUT2D eigenvalue weighted by Gasteiger charge is 2.08. The third-order valence-corrected chi connectivity index (χ3v) is 2.75. The predicted octanol–water partition coefficient (Wildman–Crippen LogP) is 3.49. The molecule has 1 aromatic heterocycles. The zero-order valence-electron chi connectivity index (χ0n) is 11.1. The van der Waals surface area contributed by atoms with Crippen molar-refractivity contribution < 1.29 is 4.39 Å². The topological polar surface area (TPSA) is 49.8 Å². The quantitative estimate of drug-likeness (QED) is 0.864. The first-order valence-electron chi connectivity index (χ1n) is 6.29. The van der Waals surface area contributed by atoms with Gasteiger partial charge < -0.3 is 10.6 Å². The fraction of sp³-hybridized carbons (Fsp3) is 0.286. The Morgan fingerprint density at radius 3 is 2.63 bits per heavy atom. The van der Waals surface area contributed by atoms with E-state index in [2.05, 4.69) is 27.5 Å². The molecular weight excluding hydrogens is 243 g/mol. The number of hydrogen-bond donors (Lipinski definition) is 2. The summed E-state index contributed by atoms with van der Waals surface area (Å²) in [5, 5.41) is 6.21. The van der Waals surface area contributed by atoms with Crippen molar-refractivity contribution >= 4 is 17.3 Å². The average molecular weight is 260 g/mol. The summed E-state index contributed by atoms with van der Waals surface area (Å²) < 4.78 is 13.6. The SMILES string of the molecule is CCCNc1ncnc(Nc2ccccc2F)c1C. The van der Waals surface area contributed by atoms with Gasteiger partial charge in [-0.3, -0.25) is 0 Å². The maximum Gasteiger partial charge on any atom is 0.146 e. The number of nitrogens with one attached hydrogen (secondary N) is 2. The average Bonchev–Trinajstić information content (AvgIpc) is 2.42. The summed E-state index contributed by atoms with van der Waals surface area (Å²) in [6, 6.07) is 6.52. The van der Waals surface area contributed by atoms with Gasteiger partial charge in [0, 0.05) is 12.1 Å². The molecule has 2 rings (SSSR count). The second-order valence-electron chi connectivity index (χ2n) is 4.23. The molecule has 1 aromatic carbocycles. The second kappa shape index (κ2) is 6.13. The number of para-hydroxylation sites is 1. The number of benzene rings is 1. The van der Waals surface area contributed by atoms with Gasteiger partial charge in [0.25, 0.3) is 0 Å². The molecular formula is C14H17FN4. The Balaban J connectivity index is 2.23. The summed E-state index contributed by atoms with van der Waals surface area (Å²) in [4.78, 5) is 8.34. The fourth-order valence-corrected chi connectivity index (χ4v) is 1.69. The van der Waals surface area contributed by atoms with E-state index in [1.54, 1.807) is 18.2 Å². The Morgan fingerprint density at radius 1 is 1.16 bits per heavy atom. The van der Waals surface area contributed by atoms with Gasteiger partial charge in [0.2, 0.25) is 0 Å². The molecule has 1 heterocycles. The van der Waals surface area contributed by atoms with Crippen molar-refractivity contribution in [3.05, 3.63) is 42.0 Å². The summed E-state index contributed by atoms with van der Waals surface area (Å²) >= 11 is 0. The minimum Gasteiger partial charge on any atom is -0.370 e. The lowest BCUT2D eigenvalue weighted by Gasteiger charge is -2.12. The van der Waals surface area contributed by atoms with Gasteiger partial charge in [-0.15, -0.1) is 0 Å². The Bertz CT molecular complexity index is 557. The van der Waals surface area contributed by atoms with Gasteiger partial charge in [0.15, 0.2) is 0 Å². The molecule has 4 nitrogen and oxygen atoms in total. The Labute approximate surface area is 112 Å². The molecule has 0 fully saturated rings. The van der Waals surface area contributed by atoms with Crippen LogP contribution in [-0.2, 0) is 0 Å². The Morgan fingerprint density at radius 2 is 1.89 bits per heavy atom. The van der Waals surface area contributed by atoms with E-state index in [1.807, 2.05) is 6.92 Å². The van der Waals surface area contributed by atoms with E-state index in [0.29, 0.717) is 11.5 Å². The van der Waals surface area contributed by atoms with Gasteiger partial charge in [0.1, 0.15) is 23.8 Å². The molecule has 0 spiro atoms. The molecule has 0 radical (unpaired) electrons. The minimum atomic E-state index is -0.302. The third-order valence-electron chi connectivity index (χ3n) is 2.75. The lowest BCUT2D eigenvalue weighted by Crippen LogP contribution is -2.07. The predicted molar refractivity (Wildman–Crippen MR) is 75.2 cm³/mol. The van der Waals surface area contributed by atoms with Crippen LogP contribution in [0.3, 0.4) is 0 Å². The molecule has 100 valence electrons. The molecule has 19 heavy (non-hydrogen) atoms. The van der Waals surface area contributed by atoms with Crippen LogP contribution in [0, 0.1) is 12.7 Å². The molecule has 0 amide bonds. The van der Waals surface area contributed by atoms with Gasteiger partial charge >= 0.3 is 0 Å². The van der Waals surface area contributed by atoms with Gasteiger partial charge in [-0.1, -0.05) is 19.1 Å². The monoisotopic (exact) mass is 260 g/mol. The van der Waals surface area contributed by atoms with Crippen LogP contribution in [0.2, 0.25) is 0 Å². The van der Waals surface area contributed by atoms with Crippen LogP contribution in [0.1, 0.15) is 18.9 Å². The first-order chi connectivity index (χ1) is 9.22. The van der Waals surface area contributed by atoms with E-state index in [0.717, 1.165) is 24.3 Å². The molecule has 0 aliphatic heterocycles. The number of anilines is 3. The molecule has 0 aliphatic carbocycles. The maximum atomic E-state index is 13.6. The number of rotatable bonds is 5.